The fourth-order valence-electron chi connectivity index (χ4n) is 3.27. The number of aliphatic hydroxyl groups is 1. The lowest BCUT2D eigenvalue weighted by molar-refractivity contribution is 0.0624. The Morgan fingerprint density at radius 1 is 1.26 bits per heavy atom. The molecule has 1 aromatic carbocycles. The summed E-state index contributed by atoms with van der Waals surface area (Å²) in [6, 6.07) is 10.7. The van der Waals surface area contributed by atoms with Crippen molar-refractivity contribution in [3.63, 3.8) is 0 Å². The van der Waals surface area contributed by atoms with Crippen LogP contribution >= 0.6 is 0 Å². The van der Waals surface area contributed by atoms with Gasteiger partial charge in [-0.2, -0.15) is 0 Å². The van der Waals surface area contributed by atoms with Gasteiger partial charge in [-0.05, 0) is 30.9 Å². The van der Waals surface area contributed by atoms with Gasteiger partial charge >= 0.3 is 0 Å². The van der Waals surface area contributed by atoms with Crippen LogP contribution in [0.15, 0.2) is 30.3 Å². The number of β-amino-alcohol motifs (C(OH)–C–C–N with tert-alkyl or cyclic N) is 1. The standard InChI is InChI=1S/C16H23NO2/c18-16(15-7-9-19-12-15)11-17-8-6-14(10-17)13-4-2-1-3-5-13/h1-5,14-16,18H,6-12H2. The molecule has 0 spiro atoms. The summed E-state index contributed by atoms with van der Waals surface area (Å²) in [7, 11) is 0. The minimum atomic E-state index is -0.225. The van der Waals surface area contributed by atoms with Crippen molar-refractivity contribution in [3.8, 4) is 0 Å². The molecule has 0 saturated carbocycles. The third-order valence-corrected chi connectivity index (χ3v) is 4.50. The molecule has 1 N–H and O–H groups in total. The van der Waals surface area contributed by atoms with Gasteiger partial charge in [-0.25, -0.2) is 0 Å². The quantitative estimate of drug-likeness (QED) is 0.898. The highest BCUT2D eigenvalue weighted by Gasteiger charge is 2.29. The normalized spacial score (nSPS) is 29.7. The molecule has 2 aliphatic rings. The second-order valence-electron chi connectivity index (χ2n) is 5.85. The first-order chi connectivity index (χ1) is 9.33. The van der Waals surface area contributed by atoms with E-state index >= 15 is 0 Å². The zero-order valence-electron chi connectivity index (χ0n) is 11.4. The largest absolute Gasteiger partial charge is 0.391 e. The van der Waals surface area contributed by atoms with Crippen molar-refractivity contribution in [2.75, 3.05) is 32.8 Å². The number of hydrogen-bond donors (Lipinski definition) is 1. The van der Waals surface area contributed by atoms with Crippen LogP contribution in [0.2, 0.25) is 0 Å². The van der Waals surface area contributed by atoms with Gasteiger partial charge in [0.1, 0.15) is 0 Å². The lowest BCUT2D eigenvalue weighted by Gasteiger charge is -2.23. The number of hydrogen-bond acceptors (Lipinski definition) is 3. The Bertz CT molecular complexity index is 389. The van der Waals surface area contributed by atoms with E-state index in [4.69, 9.17) is 4.74 Å². The Morgan fingerprint density at radius 3 is 2.84 bits per heavy atom. The summed E-state index contributed by atoms with van der Waals surface area (Å²) in [6.07, 6.45) is 1.99. The van der Waals surface area contributed by atoms with Crippen LogP contribution in [0.5, 0.6) is 0 Å². The van der Waals surface area contributed by atoms with Crippen molar-refractivity contribution in [1.29, 1.82) is 0 Å². The summed E-state index contributed by atoms with van der Waals surface area (Å²) in [6.45, 7) is 4.53. The number of ether oxygens (including phenoxy) is 1. The Labute approximate surface area is 115 Å². The van der Waals surface area contributed by atoms with Gasteiger partial charge in [0, 0.05) is 25.6 Å². The third kappa shape index (κ3) is 3.16. The van der Waals surface area contributed by atoms with E-state index in [9.17, 15) is 5.11 Å². The molecule has 0 aromatic heterocycles. The molecule has 3 rings (SSSR count). The Balaban J connectivity index is 1.51. The van der Waals surface area contributed by atoms with E-state index in [1.807, 2.05) is 0 Å². The zero-order valence-corrected chi connectivity index (χ0v) is 11.4. The van der Waals surface area contributed by atoms with Gasteiger partial charge in [0.05, 0.1) is 12.7 Å². The van der Waals surface area contributed by atoms with Gasteiger partial charge in [-0.1, -0.05) is 30.3 Å². The van der Waals surface area contributed by atoms with E-state index in [-0.39, 0.29) is 6.10 Å². The number of rotatable bonds is 4. The molecule has 104 valence electrons. The average molecular weight is 261 g/mol. The molecule has 0 amide bonds. The van der Waals surface area contributed by atoms with Crippen LogP contribution in [0, 0.1) is 5.92 Å². The first-order valence-electron chi connectivity index (χ1n) is 7.36. The summed E-state index contributed by atoms with van der Waals surface area (Å²) in [4.78, 5) is 2.40. The highest BCUT2D eigenvalue weighted by molar-refractivity contribution is 5.21. The van der Waals surface area contributed by atoms with E-state index in [1.165, 1.54) is 12.0 Å². The van der Waals surface area contributed by atoms with Crippen LogP contribution in [0.25, 0.3) is 0 Å². The molecule has 3 heteroatoms. The van der Waals surface area contributed by atoms with Gasteiger partial charge in [0.25, 0.3) is 0 Å². The molecule has 0 aliphatic carbocycles. The number of aliphatic hydroxyl groups excluding tert-OH is 1. The summed E-state index contributed by atoms with van der Waals surface area (Å²) >= 11 is 0. The van der Waals surface area contributed by atoms with Gasteiger partial charge in [0.15, 0.2) is 0 Å². The molecule has 3 nitrogen and oxygen atoms in total. The van der Waals surface area contributed by atoms with Gasteiger partial charge < -0.3 is 14.7 Å². The predicted molar refractivity (Wildman–Crippen MR) is 75.2 cm³/mol. The first-order valence-corrected chi connectivity index (χ1v) is 7.36. The maximum absolute atomic E-state index is 10.2. The second kappa shape index (κ2) is 6.04. The number of nitrogens with zero attached hydrogens (tertiary/aromatic N) is 1. The lowest BCUT2D eigenvalue weighted by atomic mass is 9.98. The molecule has 0 radical (unpaired) electrons. The molecule has 3 atom stereocenters. The van der Waals surface area contributed by atoms with E-state index < -0.39 is 0 Å². The van der Waals surface area contributed by atoms with Crippen molar-refractivity contribution in [3.05, 3.63) is 35.9 Å². The summed E-state index contributed by atoms with van der Waals surface area (Å²) in [5, 5.41) is 10.2. The van der Waals surface area contributed by atoms with Crippen LogP contribution in [0.3, 0.4) is 0 Å². The molecule has 2 heterocycles. The summed E-state index contributed by atoms with van der Waals surface area (Å²) in [5.74, 6) is 0.976. The monoisotopic (exact) mass is 261 g/mol. The molecular weight excluding hydrogens is 238 g/mol. The minimum absolute atomic E-state index is 0.225. The summed E-state index contributed by atoms with van der Waals surface area (Å²) < 4.78 is 5.35. The van der Waals surface area contributed by atoms with Crippen molar-refractivity contribution >= 4 is 0 Å². The molecule has 19 heavy (non-hydrogen) atoms. The zero-order chi connectivity index (χ0) is 13.1. The fraction of sp³-hybridized carbons (Fsp3) is 0.625. The van der Waals surface area contributed by atoms with E-state index in [2.05, 4.69) is 35.2 Å². The maximum Gasteiger partial charge on any atom is 0.0718 e. The number of benzene rings is 1. The van der Waals surface area contributed by atoms with Crippen LogP contribution in [-0.4, -0.2) is 49.0 Å². The van der Waals surface area contributed by atoms with Crippen molar-refractivity contribution < 1.29 is 9.84 Å². The van der Waals surface area contributed by atoms with E-state index in [0.717, 1.165) is 39.3 Å². The number of likely N-dealkylation sites (tertiary alicyclic amines) is 1. The van der Waals surface area contributed by atoms with Gasteiger partial charge in [-0.3, -0.25) is 0 Å². The highest BCUT2D eigenvalue weighted by Crippen LogP contribution is 2.28. The molecular formula is C16H23NO2. The van der Waals surface area contributed by atoms with Crippen LogP contribution in [0.1, 0.15) is 24.3 Å². The Morgan fingerprint density at radius 2 is 2.11 bits per heavy atom. The minimum Gasteiger partial charge on any atom is -0.391 e. The predicted octanol–water partition coefficient (Wildman–Crippen LogP) is 1.87. The Kier molecular flexibility index (Phi) is 4.16. The lowest BCUT2D eigenvalue weighted by Crippen LogP contribution is -2.35. The fourth-order valence-corrected chi connectivity index (χ4v) is 3.27. The van der Waals surface area contributed by atoms with Crippen LogP contribution in [0.4, 0.5) is 0 Å². The summed E-state index contributed by atoms with van der Waals surface area (Å²) in [5.41, 5.74) is 1.43. The van der Waals surface area contributed by atoms with Gasteiger partial charge in [-0.15, -0.1) is 0 Å². The molecule has 2 fully saturated rings. The van der Waals surface area contributed by atoms with E-state index in [0.29, 0.717) is 11.8 Å². The highest BCUT2D eigenvalue weighted by atomic mass is 16.5. The van der Waals surface area contributed by atoms with Crippen molar-refractivity contribution in [2.45, 2.75) is 24.9 Å². The maximum atomic E-state index is 10.2. The molecule has 2 saturated heterocycles. The molecule has 1 aromatic rings. The molecule has 0 bridgehead atoms. The second-order valence-corrected chi connectivity index (χ2v) is 5.85. The molecule has 2 aliphatic heterocycles. The van der Waals surface area contributed by atoms with Gasteiger partial charge in [0.2, 0.25) is 0 Å². The van der Waals surface area contributed by atoms with Crippen LogP contribution < -0.4 is 0 Å². The third-order valence-electron chi connectivity index (χ3n) is 4.50. The van der Waals surface area contributed by atoms with Crippen molar-refractivity contribution in [2.24, 2.45) is 5.92 Å². The molecule has 3 unspecified atom stereocenters. The van der Waals surface area contributed by atoms with E-state index in [1.54, 1.807) is 0 Å². The Hall–Kier alpha value is -0.900. The average Bonchev–Trinajstić information content (AvgIpc) is 3.11. The smallest absolute Gasteiger partial charge is 0.0718 e. The first kappa shape index (κ1) is 13.1. The topological polar surface area (TPSA) is 32.7 Å². The van der Waals surface area contributed by atoms with Crippen molar-refractivity contribution in [1.82, 2.24) is 4.90 Å². The SMILES string of the molecule is OC(CN1CCC(c2ccccc2)C1)C1CCOC1. The van der Waals surface area contributed by atoms with Crippen LogP contribution in [-0.2, 0) is 4.74 Å².